The van der Waals surface area contributed by atoms with Crippen LogP contribution >= 0.6 is 0 Å². The van der Waals surface area contributed by atoms with Gasteiger partial charge in [0.25, 0.3) is 0 Å². The summed E-state index contributed by atoms with van der Waals surface area (Å²) in [6, 6.07) is 0.963. The Morgan fingerprint density at radius 3 is 2.44 bits per heavy atom. The van der Waals surface area contributed by atoms with Crippen LogP contribution in [0.4, 0.5) is 0 Å². The van der Waals surface area contributed by atoms with Gasteiger partial charge in [-0.2, -0.15) is 0 Å². The normalized spacial score (nSPS) is 25.5. The summed E-state index contributed by atoms with van der Waals surface area (Å²) < 4.78 is 15.8. The second-order valence-electron chi connectivity index (χ2n) is 4.90. The van der Waals surface area contributed by atoms with Crippen molar-refractivity contribution in [3.05, 3.63) is 0 Å². The molecule has 0 aromatic rings. The fourth-order valence-corrected chi connectivity index (χ4v) is 2.17. The van der Waals surface area contributed by atoms with E-state index in [1.54, 1.807) is 7.11 Å². The standard InChI is InChI=1S/C13H28N2O3/c1-12-3-4-13(14)11-15(12)5-6-17-9-10-18-8-7-16-2/h12-13H,3-11,14H2,1-2H3. The number of ether oxygens (including phenoxy) is 3. The number of hydrogen-bond donors (Lipinski definition) is 1. The molecule has 18 heavy (non-hydrogen) atoms. The topological polar surface area (TPSA) is 57.0 Å². The van der Waals surface area contributed by atoms with Crippen molar-refractivity contribution in [1.29, 1.82) is 0 Å². The minimum atomic E-state index is 0.332. The lowest BCUT2D eigenvalue weighted by atomic mass is 10.0. The average Bonchev–Trinajstić information content (AvgIpc) is 2.36. The Kier molecular flexibility index (Phi) is 8.54. The number of methoxy groups -OCH3 is 1. The fourth-order valence-electron chi connectivity index (χ4n) is 2.17. The molecule has 1 rings (SSSR count). The van der Waals surface area contributed by atoms with E-state index < -0.39 is 0 Å². The summed E-state index contributed by atoms with van der Waals surface area (Å²) in [6.45, 7) is 7.55. The van der Waals surface area contributed by atoms with Crippen LogP contribution in [0.15, 0.2) is 0 Å². The molecular formula is C13H28N2O3. The quantitative estimate of drug-likeness (QED) is 0.611. The van der Waals surface area contributed by atoms with Crippen LogP contribution in [0.2, 0.25) is 0 Å². The van der Waals surface area contributed by atoms with Crippen molar-refractivity contribution < 1.29 is 14.2 Å². The van der Waals surface area contributed by atoms with Gasteiger partial charge < -0.3 is 19.9 Å². The molecule has 1 saturated heterocycles. The van der Waals surface area contributed by atoms with Crippen LogP contribution in [0.25, 0.3) is 0 Å². The van der Waals surface area contributed by atoms with Crippen molar-refractivity contribution in [3.8, 4) is 0 Å². The highest BCUT2D eigenvalue weighted by atomic mass is 16.5. The van der Waals surface area contributed by atoms with Crippen LogP contribution in [-0.4, -0.2) is 70.2 Å². The molecule has 0 spiro atoms. The van der Waals surface area contributed by atoms with Gasteiger partial charge in [0.05, 0.1) is 33.0 Å². The molecule has 0 bridgehead atoms. The number of nitrogens with zero attached hydrogens (tertiary/aromatic N) is 1. The first-order chi connectivity index (χ1) is 8.74. The molecule has 2 N–H and O–H groups in total. The molecule has 0 aromatic heterocycles. The van der Waals surface area contributed by atoms with Crippen LogP contribution in [0.3, 0.4) is 0 Å². The Morgan fingerprint density at radius 2 is 1.72 bits per heavy atom. The van der Waals surface area contributed by atoms with Crippen LogP contribution in [0.1, 0.15) is 19.8 Å². The Hall–Kier alpha value is -0.200. The predicted molar refractivity (Wildman–Crippen MR) is 71.8 cm³/mol. The SMILES string of the molecule is COCCOCCOCCN1CC(N)CCC1C. The van der Waals surface area contributed by atoms with Crippen molar-refractivity contribution in [2.24, 2.45) is 5.73 Å². The second-order valence-corrected chi connectivity index (χ2v) is 4.90. The molecule has 1 aliphatic rings. The van der Waals surface area contributed by atoms with Gasteiger partial charge in [-0.1, -0.05) is 0 Å². The first-order valence-corrected chi connectivity index (χ1v) is 6.88. The van der Waals surface area contributed by atoms with E-state index in [2.05, 4.69) is 11.8 Å². The molecule has 0 radical (unpaired) electrons. The maximum absolute atomic E-state index is 5.97. The predicted octanol–water partition coefficient (Wildman–Crippen LogP) is 0.478. The van der Waals surface area contributed by atoms with Crippen molar-refractivity contribution in [2.75, 3.05) is 53.2 Å². The maximum Gasteiger partial charge on any atom is 0.0701 e. The third-order valence-electron chi connectivity index (χ3n) is 3.37. The molecule has 5 nitrogen and oxygen atoms in total. The highest BCUT2D eigenvalue weighted by molar-refractivity contribution is 4.80. The lowest BCUT2D eigenvalue weighted by Crippen LogP contribution is -2.48. The van der Waals surface area contributed by atoms with Gasteiger partial charge in [0.2, 0.25) is 0 Å². The molecular weight excluding hydrogens is 232 g/mol. The van der Waals surface area contributed by atoms with E-state index >= 15 is 0 Å². The van der Waals surface area contributed by atoms with E-state index in [0.29, 0.717) is 38.5 Å². The summed E-state index contributed by atoms with van der Waals surface area (Å²) in [7, 11) is 1.67. The van der Waals surface area contributed by atoms with E-state index in [0.717, 1.165) is 26.1 Å². The molecule has 2 unspecified atom stereocenters. The summed E-state index contributed by atoms with van der Waals surface area (Å²) in [6.07, 6.45) is 2.34. The highest BCUT2D eigenvalue weighted by Crippen LogP contribution is 2.15. The molecule has 1 aliphatic heterocycles. The number of piperidine rings is 1. The van der Waals surface area contributed by atoms with Crippen LogP contribution < -0.4 is 5.73 Å². The van der Waals surface area contributed by atoms with Gasteiger partial charge in [0, 0.05) is 32.3 Å². The fraction of sp³-hybridized carbons (Fsp3) is 1.00. The van der Waals surface area contributed by atoms with Crippen molar-refractivity contribution in [3.63, 3.8) is 0 Å². The summed E-state index contributed by atoms with van der Waals surface area (Å²) >= 11 is 0. The molecule has 0 saturated carbocycles. The third kappa shape index (κ3) is 6.66. The lowest BCUT2D eigenvalue weighted by molar-refractivity contribution is 0.0138. The van der Waals surface area contributed by atoms with Crippen molar-refractivity contribution >= 4 is 0 Å². The van der Waals surface area contributed by atoms with E-state index in [4.69, 9.17) is 19.9 Å². The Morgan fingerprint density at radius 1 is 1.06 bits per heavy atom. The Bertz CT molecular complexity index is 205. The van der Waals surface area contributed by atoms with Gasteiger partial charge in [-0.05, 0) is 19.8 Å². The zero-order chi connectivity index (χ0) is 13.2. The van der Waals surface area contributed by atoms with Crippen LogP contribution in [0.5, 0.6) is 0 Å². The summed E-state index contributed by atoms with van der Waals surface area (Å²) in [5.74, 6) is 0. The largest absolute Gasteiger partial charge is 0.382 e. The molecule has 5 heteroatoms. The maximum atomic E-state index is 5.97. The number of nitrogens with two attached hydrogens (primary N) is 1. The van der Waals surface area contributed by atoms with Crippen LogP contribution in [0, 0.1) is 0 Å². The van der Waals surface area contributed by atoms with Gasteiger partial charge in [-0.3, -0.25) is 4.90 Å². The highest BCUT2D eigenvalue weighted by Gasteiger charge is 2.22. The Balaban J connectivity index is 1.93. The van der Waals surface area contributed by atoms with Gasteiger partial charge in [-0.15, -0.1) is 0 Å². The first kappa shape index (κ1) is 15.9. The van der Waals surface area contributed by atoms with Crippen molar-refractivity contribution in [1.82, 2.24) is 4.90 Å². The smallest absolute Gasteiger partial charge is 0.0701 e. The molecule has 0 aromatic carbocycles. The number of hydrogen-bond acceptors (Lipinski definition) is 5. The molecule has 1 fully saturated rings. The Labute approximate surface area is 111 Å². The minimum absolute atomic E-state index is 0.332. The summed E-state index contributed by atoms with van der Waals surface area (Å²) in [4.78, 5) is 2.42. The number of likely N-dealkylation sites (tertiary alicyclic amines) is 1. The molecule has 108 valence electrons. The van der Waals surface area contributed by atoms with Gasteiger partial charge in [0.15, 0.2) is 0 Å². The first-order valence-electron chi connectivity index (χ1n) is 6.88. The van der Waals surface area contributed by atoms with Gasteiger partial charge in [0.1, 0.15) is 0 Å². The zero-order valence-electron chi connectivity index (χ0n) is 11.8. The zero-order valence-corrected chi connectivity index (χ0v) is 11.8. The van der Waals surface area contributed by atoms with E-state index in [1.807, 2.05) is 0 Å². The second kappa shape index (κ2) is 9.69. The van der Waals surface area contributed by atoms with E-state index in [-0.39, 0.29) is 0 Å². The number of rotatable bonds is 9. The van der Waals surface area contributed by atoms with Crippen LogP contribution in [-0.2, 0) is 14.2 Å². The van der Waals surface area contributed by atoms with Gasteiger partial charge >= 0.3 is 0 Å². The van der Waals surface area contributed by atoms with E-state index in [9.17, 15) is 0 Å². The summed E-state index contributed by atoms with van der Waals surface area (Å²) in [5.41, 5.74) is 5.97. The average molecular weight is 260 g/mol. The molecule has 0 aliphatic carbocycles. The van der Waals surface area contributed by atoms with Crippen molar-refractivity contribution in [2.45, 2.75) is 31.8 Å². The monoisotopic (exact) mass is 260 g/mol. The van der Waals surface area contributed by atoms with E-state index in [1.165, 1.54) is 6.42 Å². The molecule has 2 atom stereocenters. The third-order valence-corrected chi connectivity index (χ3v) is 3.37. The molecule has 0 amide bonds. The van der Waals surface area contributed by atoms with Gasteiger partial charge in [-0.25, -0.2) is 0 Å². The minimum Gasteiger partial charge on any atom is -0.382 e. The lowest BCUT2D eigenvalue weighted by Gasteiger charge is -2.36. The molecule has 1 heterocycles. The summed E-state index contributed by atoms with van der Waals surface area (Å²) in [5, 5.41) is 0.